The van der Waals surface area contributed by atoms with Crippen molar-refractivity contribution in [1.29, 1.82) is 0 Å². The summed E-state index contributed by atoms with van der Waals surface area (Å²) in [5, 5.41) is 0.636. The molecule has 1 fully saturated rings. The van der Waals surface area contributed by atoms with E-state index in [-0.39, 0.29) is 0 Å². The van der Waals surface area contributed by atoms with Crippen molar-refractivity contribution in [3.63, 3.8) is 0 Å². The van der Waals surface area contributed by atoms with Crippen molar-refractivity contribution >= 4 is 39.1 Å². The van der Waals surface area contributed by atoms with Crippen LogP contribution in [0.2, 0.25) is 5.02 Å². The van der Waals surface area contributed by atoms with Gasteiger partial charge in [0.15, 0.2) is 0 Å². The maximum absolute atomic E-state index is 5.98. The van der Waals surface area contributed by atoms with Gasteiger partial charge in [-0.15, -0.1) is 0 Å². The first-order valence-electron chi connectivity index (χ1n) is 4.46. The zero-order valence-corrected chi connectivity index (χ0v) is 9.85. The molecule has 2 N–H and O–H groups in total. The largest absolute Gasteiger partial charge is 0.387 e. The number of nitrogens with zero attached hydrogens (tertiary/aromatic N) is 1. The Morgan fingerprint density at radius 3 is 2.86 bits per heavy atom. The molecule has 1 aromatic carbocycles. The standard InChI is InChI=1S/C10H10BrClN2/c11-7-3-4-8(12)9(5-7)14-10(13)6-1-2-6/h3-6H,1-2H2,(H2,13,14). The van der Waals surface area contributed by atoms with Crippen LogP contribution in [0.3, 0.4) is 0 Å². The minimum atomic E-state index is 0.477. The number of amidine groups is 1. The highest BCUT2D eigenvalue weighted by molar-refractivity contribution is 9.10. The lowest BCUT2D eigenvalue weighted by atomic mass is 10.3. The quantitative estimate of drug-likeness (QED) is 0.650. The molecule has 4 heteroatoms. The summed E-state index contributed by atoms with van der Waals surface area (Å²) in [5.74, 6) is 1.18. The normalized spacial score (nSPS) is 17.1. The zero-order chi connectivity index (χ0) is 10.1. The van der Waals surface area contributed by atoms with Crippen LogP contribution in [-0.4, -0.2) is 5.84 Å². The summed E-state index contributed by atoms with van der Waals surface area (Å²) in [6, 6.07) is 5.57. The minimum Gasteiger partial charge on any atom is -0.387 e. The van der Waals surface area contributed by atoms with E-state index in [9.17, 15) is 0 Å². The first-order valence-corrected chi connectivity index (χ1v) is 5.63. The lowest BCUT2D eigenvalue weighted by Crippen LogP contribution is -2.13. The van der Waals surface area contributed by atoms with Gasteiger partial charge in [-0.1, -0.05) is 27.5 Å². The molecule has 0 heterocycles. The lowest BCUT2D eigenvalue weighted by Gasteiger charge is -2.01. The third-order valence-corrected chi connectivity index (χ3v) is 2.97. The smallest absolute Gasteiger partial charge is 0.103 e. The number of aliphatic imine (C=N–C) groups is 1. The van der Waals surface area contributed by atoms with E-state index in [1.54, 1.807) is 0 Å². The fraction of sp³-hybridized carbons (Fsp3) is 0.300. The van der Waals surface area contributed by atoms with E-state index in [1.807, 2.05) is 18.2 Å². The fourth-order valence-corrected chi connectivity index (χ4v) is 1.69. The van der Waals surface area contributed by atoms with Crippen molar-refractivity contribution in [2.75, 3.05) is 0 Å². The summed E-state index contributed by atoms with van der Waals surface area (Å²) in [7, 11) is 0. The highest BCUT2D eigenvalue weighted by Crippen LogP contribution is 2.33. The summed E-state index contributed by atoms with van der Waals surface area (Å²) in [4.78, 5) is 4.31. The molecule has 0 spiro atoms. The second-order valence-electron chi connectivity index (χ2n) is 3.41. The summed E-state index contributed by atoms with van der Waals surface area (Å²) in [6.07, 6.45) is 2.31. The van der Waals surface area contributed by atoms with Crippen molar-refractivity contribution in [3.05, 3.63) is 27.7 Å². The average molecular weight is 274 g/mol. The molecule has 0 atom stereocenters. The van der Waals surface area contributed by atoms with Crippen LogP contribution in [0, 0.1) is 5.92 Å². The summed E-state index contributed by atoms with van der Waals surface area (Å²) < 4.78 is 0.962. The van der Waals surface area contributed by atoms with Gasteiger partial charge in [-0.05, 0) is 31.0 Å². The summed E-state index contributed by atoms with van der Waals surface area (Å²) in [5.41, 5.74) is 6.55. The molecule has 1 aliphatic rings. The molecule has 0 radical (unpaired) electrons. The van der Waals surface area contributed by atoms with Crippen LogP contribution in [0.25, 0.3) is 0 Å². The minimum absolute atomic E-state index is 0.477. The third-order valence-electron chi connectivity index (χ3n) is 2.15. The zero-order valence-electron chi connectivity index (χ0n) is 7.50. The molecule has 14 heavy (non-hydrogen) atoms. The topological polar surface area (TPSA) is 38.4 Å². The van der Waals surface area contributed by atoms with Crippen LogP contribution in [0.15, 0.2) is 27.7 Å². The number of nitrogens with two attached hydrogens (primary N) is 1. The Balaban J connectivity index is 2.30. The van der Waals surface area contributed by atoms with Gasteiger partial charge in [0.1, 0.15) is 5.84 Å². The molecule has 0 unspecified atom stereocenters. The molecule has 0 saturated heterocycles. The Morgan fingerprint density at radius 2 is 2.21 bits per heavy atom. The van der Waals surface area contributed by atoms with E-state index in [2.05, 4.69) is 20.9 Å². The molecular weight excluding hydrogens is 263 g/mol. The average Bonchev–Trinajstić information content (AvgIpc) is 2.94. The number of hydrogen-bond acceptors (Lipinski definition) is 1. The third kappa shape index (κ3) is 2.28. The van der Waals surface area contributed by atoms with Gasteiger partial charge in [0, 0.05) is 10.4 Å². The molecule has 2 nitrogen and oxygen atoms in total. The Morgan fingerprint density at radius 1 is 1.50 bits per heavy atom. The van der Waals surface area contributed by atoms with Gasteiger partial charge in [0.2, 0.25) is 0 Å². The van der Waals surface area contributed by atoms with Gasteiger partial charge < -0.3 is 5.73 Å². The maximum atomic E-state index is 5.98. The van der Waals surface area contributed by atoms with Gasteiger partial charge >= 0.3 is 0 Å². The van der Waals surface area contributed by atoms with Crippen LogP contribution in [0.1, 0.15) is 12.8 Å². The van der Waals surface area contributed by atoms with Crippen LogP contribution >= 0.6 is 27.5 Å². The van der Waals surface area contributed by atoms with Crippen LogP contribution in [0.5, 0.6) is 0 Å². The summed E-state index contributed by atoms with van der Waals surface area (Å²) in [6.45, 7) is 0. The Kier molecular flexibility index (Phi) is 2.79. The molecule has 0 aromatic heterocycles. The van der Waals surface area contributed by atoms with E-state index in [0.717, 1.165) is 23.0 Å². The molecule has 1 aliphatic carbocycles. The number of rotatable bonds is 2. The van der Waals surface area contributed by atoms with Crippen molar-refractivity contribution in [1.82, 2.24) is 0 Å². The van der Waals surface area contributed by atoms with Crippen LogP contribution in [0.4, 0.5) is 5.69 Å². The van der Waals surface area contributed by atoms with Gasteiger partial charge in [0.05, 0.1) is 10.7 Å². The van der Waals surface area contributed by atoms with E-state index in [0.29, 0.717) is 16.8 Å². The van der Waals surface area contributed by atoms with E-state index in [1.165, 1.54) is 0 Å². The molecule has 0 aliphatic heterocycles. The molecule has 2 rings (SSSR count). The number of hydrogen-bond donors (Lipinski definition) is 1. The monoisotopic (exact) mass is 272 g/mol. The van der Waals surface area contributed by atoms with Crippen molar-refractivity contribution in [2.24, 2.45) is 16.6 Å². The highest BCUT2D eigenvalue weighted by atomic mass is 79.9. The predicted molar refractivity (Wildman–Crippen MR) is 63.2 cm³/mol. The predicted octanol–water partition coefficient (Wildman–Crippen LogP) is 3.50. The highest BCUT2D eigenvalue weighted by Gasteiger charge is 2.25. The van der Waals surface area contributed by atoms with E-state index < -0.39 is 0 Å². The van der Waals surface area contributed by atoms with E-state index >= 15 is 0 Å². The second-order valence-corrected chi connectivity index (χ2v) is 4.73. The first-order chi connectivity index (χ1) is 6.66. The fourth-order valence-electron chi connectivity index (χ4n) is 1.18. The Labute approximate surface area is 96.3 Å². The molecule has 74 valence electrons. The van der Waals surface area contributed by atoms with Gasteiger partial charge in [0.25, 0.3) is 0 Å². The lowest BCUT2D eigenvalue weighted by molar-refractivity contribution is 1.15. The van der Waals surface area contributed by atoms with Crippen LogP contribution in [-0.2, 0) is 0 Å². The Hall–Kier alpha value is -0.540. The number of benzene rings is 1. The molecule has 0 bridgehead atoms. The van der Waals surface area contributed by atoms with E-state index in [4.69, 9.17) is 17.3 Å². The molecular formula is C10H10BrClN2. The molecule has 1 aromatic rings. The van der Waals surface area contributed by atoms with Crippen molar-refractivity contribution in [2.45, 2.75) is 12.8 Å². The maximum Gasteiger partial charge on any atom is 0.103 e. The summed E-state index contributed by atoms with van der Waals surface area (Å²) >= 11 is 9.35. The van der Waals surface area contributed by atoms with Crippen molar-refractivity contribution in [3.8, 4) is 0 Å². The van der Waals surface area contributed by atoms with Crippen molar-refractivity contribution < 1.29 is 0 Å². The molecule has 0 amide bonds. The van der Waals surface area contributed by atoms with Crippen LogP contribution < -0.4 is 5.73 Å². The first kappa shape index (κ1) is 9.99. The van der Waals surface area contributed by atoms with Gasteiger partial charge in [-0.3, -0.25) is 0 Å². The molecule has 1 saturated carbocycles. The second kappa shape index (κ2) is 3.91. The Bertz CT molecular complexity index is 386. The van der Waals surface area contributed by atoms with Gasteiger partial charge in [-0.25, -0.2) is 4.99 Å². The number of halogens is 2. The SMILES string of the molecule is NC(=Nc1cc(Br)ccc1Cl)C1CC1. The van der Waals surface area contributed by atoms with Gasteiger partial charge in [-0.2, -0.15) is 0 Å².